The van der Waals surface area contributed by atoms with Crippen LogP contribution < -0.4 is 15.4 Å². The van der Waals surface area contributed by atoms with Crippen molar-refractivity contribution in [3.8, 4) is 5.75 Å². The molecule has 1 unspecified atom stereocenters. The first-order valence-corrected chi connectivity index (χ1v) is 5.67. The number of aliphatic hydroxyl groups is 1. The number of carbonyl (C=O) groups excluding carboxylic acids is 1. The fourth-order valence-electron chi connectivity index (χ4n) is 1.42. The lowest BCUT2D eigenvalue weighted by Crippen LogP contribution is -2.34. The third-order valence-corrected chi connectivity index (χ3v) is 2.32. The average molecular weight is 311 g/mol. The molecule has 1 aromatic carbocycles. The first kappa shape index (κ1) is 18.6. The summed E-state index contributed by atoms with van der Waals surface area (Å²) in [6, 6.07) is 5.60. The van der Waals surface area contributed by atoms with Crippen LogP contribution in [-0.2, 0) is 4.79 Å². The van der Waals surface area contributed by atoms with Crippen molar-refractivity contribution in [1.29, 1.82) is 0 Å². The molecule has 5 nitrogen and oxygen atoms in total. The van der Waals surface area contributed by atoms with Gasteiger partial charge >= 0.3 is 6.61 Å². The molecule has 3 N–H and O–H groups in total. The number of likely N-dealkylation sites (N-methyl/N-ethyl adjacent to an activating group) is 1. The molecule has 1 rings (SSSR count). The number of ether oxygens (including phenoxy) is 1. The van der Waals surface area contributed by atoms with Crippen LogP contribution in [0.4, 0.5) is 8.78 Å². The summed E-state index contributed by atoms with van der Waals surface area (Å²) in [6.07, 6.45) is -0.901. The molecule has 1 atom stereocenters. The number of amides is 1. The monoisotopic (exact) mass is 310 g/mol. The largest absolute Gasteiger partial charge is 0.435 e. The standard InChI is InChI=1S/C12H16F2N2O3.ClH/c1-15-7-11(18)16-6-10(17)8-2-4-9(5-3-8)19-12(13)14;/h2-5,10,12,15,17H,6-7H2,1H3,(H,16,18);1H. The lowest BCUT2D eigenvalue weighted by molar-refractivity contribution is -0.120. The highest BCUT2D eigenvalue weighted by atomic mass is 35.5. The Balaban J connectivity index is 0.00000361. The molecular formula is C12H17ClF2N2O3. The van der Waals surface area contributed by atoms with E-state index in [0.29, 0.717) is 5.56 Å². The maximum atomic E-state index is 11.9. The zero-order chi connectivity index (χ0) is 14.3. The Labute approximate surface area is 121 Å². The highest BCUT2D eigenvalue weighted by molar-refractivity contribution is 5.85. The summed E-state index contributed by atoms with van der Waals surface area (Å²) < 4.78 is 28.1. The van der Waals surface area contributed by atoms with Gasteiger partial charge in [-0.25, -0.2) is 0 Å². The Morgan fingerprint density at radius 3 is 2.45 bits per heavy atom. The fourth-order valence-corrected chi connectivity index (χ4v) is 1.42. The fraction of sp³-hybridized carbons (Fsp3) is 0.417. The molecule has 0 spiro atoms. The van der Waals surface area contributed by atoms with E-state index in [-0.39, 0.29) is 37.2 Å². The van der Waals surface area contributed by atoms with Crippen molar-refractivity contribution in [3.63, 3.8) is 0 Å². The maximum absolute atomic E-state index is 11.9. The molecule has 0 aliphatic carbocycles. The van der Waals surface area contributed by atoms with Crippen LogP contribution in [0, 0.1) is 0 Å². The number of nitrogens with one attached hydrogen (secondary N) is 2. The minimum atomic E-state index is -2.88. The van der Waals surface area contributed by atoms with Crippen LogP contribution in [-0.4, -0.2) is 37.8 Å². The zero-order valence-corrected chi connectivity index (χ0v) is 11.6. The topological polar surface area (TPSA) is 70.6 Å². The number of alkyl halides is 2. The average Bonchev–Trinajstić information content (AvgIpc) is 2.36. The van der Waals surface area contributed by atoms with Gasteiger partial charge in [-0.3, -0.25) is 4.79 Å². The third kappa shape index (κ3) is 6.65. The van der Waals surface area contributed by atoms with Crippen LogP contribution in [0.15, 0.2) is 24.3 Å². The molecule has 0 aliphatic rings. The van der Waals surface area contributed by atoms with Crippen LogP contribution >= 0.6 is 12.4 Å². The van der Waals surface area contributed by atoms with E-state index in [1.54, 1.807) is 7.05 Å². The van der Waals surface area contributed by atoms with Crippen molar-refractivity contribution in [3.05, 3.63) is 29.8 Å². The Morgan fingerprint density at radius 2 is 1.95 bits per heavy atom. The Kier molecular flexibility index (Phi) is 8.78. The summed E-state index contributed by atoms with van der Waals surface area (Å²) >= 11 is 0. The Hall–Kier alpha value is -1.44. The smallest absolute Gasteiger partial charge is 0.387 e. The summed E-state index contributed by atoms with van der Waals surface area (Å²) in [6.45, 7) is -2.67. The second-order valence-corrected chi connectivity index (χ2v) is 3.80. The SMILES string of the molecule is CNCC(=O)NCC(O)c1ccc(OC(F)F)cc1.Cl. The summed E-state index contributed by atoms with van der Waals surface area (Å²) in [4.78, 5) is 11.2. The summed E-state index contributed by atoms with van der Waals surface area (Å²) in [7, 11) is 1.64. The van der Waals surface area contributed by atoms with Gasteiger partial charge in [0.05, 0.1) is 12.6 Å². The quantitative estimate of drug-likeness (QED) is 0.705. The van der Waals surface area contributed by atoms with Crippen molar-refractivity contribution in [2.45, 2.75) is 12.7 Å². The van der Waals surface area contributed by atoms with E-state index in [1.165, 1.54) is 24.3 Å². The van der Waals surface area contributed by atoms with E-state index in [9.17, 15) is 18.7 Å². The van der Waals surface area contributed by atoms with Gasteiger partial charge in [0.1, 0.15) is 5.75 Å². The number of rotatable bonds is 7. The maximum Gasteiger partial charge on any atom is 0.387 e. The molecule has 0 fully saturated rings. The van der Waals surface area contributed by atoms with E-state index in [0.717, 1.165) is 0 Å². The van der Waals surface area contributed by atoms with Gasteiger partial charge in [0, 0.05) is 6.54 Å². The number of hydrogen-bond donors (Lipinski definition) is 3. The van der Waals surface area contributed by atoms with Gasteiger partial charge in [-0.2, -0.15) is 8.78 Å². The van der Waals surface area contributed by atoms with Crippen molar-refractivity contribution >= 4 is 18.3 Å². The van der Waals surface area contributed by atoms with E-state index < -0.39 is 12.7 Å². The van der Waals surface area contributed by atoms with Gasteiger partial charge in [-0.05, 0) is 24.7 Å². The predicted octanol–water partition coefficient (Wildman–Crippen LogP) is 1.08. The summed E-state index contributed by atoms with van der Waals surface area (Å²) in [5, 5.41) is 15.0. The van der Waals surface area contributed by atoms with Gasteiger partial charge < -0.3 is 20.5 Å². The van der Waals surface area contributed by atoms with Crippen LogP contribution in [0.2, 0.25) is 0 Å². The third-order valence-electron chi connectivity index (χ3n) is 2.32. The number of aliphatic hydroxyl groups excluding tert-OH is 1. The molecule has 20 heavy (non-hydrogen) atoms. The number of benzene rings is 1. The van der Waals surface area contributed by atoms with Gasteiger partial charge in [0.25, 0.3) is 0 Å². The highest BCUT2D eigenvalue weighted by Gasteiger charge is 2.10. The molecule has 0 bridgehead atoms. The molecule has 0 saturated heterocycles. The molecule has 1 aromatic rings. The van der Waals surface area contributed by atoms with Crippen molar-refractivity contribution in [1.82, 2.24) is 10.6 Å². The van der Waals surface area contributed by atoms with Crippen LogP contribution in [0.5, 0.6) is 5.75 Å². The molecular weight excluding hydrogens is 294 g/mol. The van der Waals surface area contributed by atoms with Crippen molar-refractivity contribution < 1.29 is 23.4 Å². The van der Waals surface area contributed by atoms with Crippen LogP contribution in [0.1, 0.15) is 11.7 Å². The molecule has 0 heterocycles. The second kappa shape index (κ2) is 9.46. The van der Waals surface area contributed by atoms with Crippen molar-refractivity contribution in [2.75, 3.05) is 20.1 Å². The lowest BCUT2D eigenvalue weighted by atomic mass is 10.1. The van der Waals surface area contributed by atoms with Crippen LogP contribution in [0.3, 0.4) is 0 Å². The first-order valence-electron chi connectivity index (χ1n) is 5.67. The van der Waals surface area contributed by atoms with Gasteiger partial charge in [0.15, 0.2) is 0 Å². The Bertz CT molecular complexity index is 404. The molecule has 0 saturated carbocycles. The second-order valence-electron chi connectivity index (χ2n) is 3.80. The normalized spacial score (nSPS) is 11.7. The molecule has 114 valence electrons. The van der Waals surface area contributed by atoms with Gasteiger partial charge in [-0.15, -0.1) is 12.4 Å². The van der Waals surface area contributed by atoms with Gasteiger partial charge in [-0.1, -0.05) is 12.1 Å². The molecule has 0 aromatic heterocycles. The molecule has 0 aliphatic heterocycles. The minimum Gasteiger partial charge on any atom is -0.435 e. The minimum absolute atomic E-state index is 0. The molecule has 1 amide bonds. The van der Waals surface area contributed by atoms with E-state index in [4.69, 9.17) is 0 Å². The Morgan fingerprint density at radius 1 is 1.35 bits per heavy atom. The number of hydrogen-bond acceptors (Lipinski definition) is 4. The first-order chi connectivity index (χ1) is 9.02. The molecule has 8 heteroatoms. The molecule has 0 radical (unpaired) electrons. The zero-order valence-electron chi connectivity index (χ0n) is 10.8. The number of carbonyl (C=O) groups is 1. The highest BCUT2D eigenvalue weighted by Crippen LogP contribution is 2.18. The van der Waals surface area contributed by atoms with E-state index >= 15 is 0 Å². The summed E-state index contributed by atoms with van der Waals surface area (Å²) in [5.74, 6) is -0.218. The lowest BCUT2D eigenvalue weighted by Gasteiger charge is -2.13. The predicted molar refractivity (Wildman–Crippen MR) is 72.2 cm³/mol. The summed E-state index contributed by atoms with van der Waals surface area (Å²) in [5.41, 5.74) is 0.506. The van der Waals surface area contributed by atoms with E-state index in [2.05, 4.69) is 15.4 Å². The number of halogens is 3. The van der Waals surface area contributed by atoms with Gasteiger partial charge in [0.2, 0.25) is 5.91 Å². The van der Waals surface area contributed by atoms with Crippen LogP contribution in [0.25, 0.3) is 0 Å². The van der Waals surface area contributed by atoms with E-state index in [1.807, 2.05) is 0 Å². The van der Waals surface area contributed by atoms with Crippen molar-refractivity contribution in [2.24, 2.45) is 0 Å².